The Bertz CT molecular complexity index is 1740. The van der Waals surface area contributed by atoms with Crippen LogP contribution in [0.3, 0.4) is 0 Å². The number of fused-ring (bicyclic) bond motifs is 2. The van der Waals surface area contributed by atoms with E-state index in [9.17, 15) is 19.5 Å². The van der Waals surface area contributed by atoms with Gasteiger partial charge in [-0.15, -0.1) is 0 Å². The molecule has 5 rings (SSSR count). The molecule has 37 heavy (non-hydrogen) atoms. The number of nitrogens with zero attached hydrogens (tertiary/aromatic N) is 1. The predicted octanol–water partition coefficient (Wildman–Crippen LogP) is 6.16. The largest absolute Gasteiger partial charge is 0.504 e. The van der Waals surface area contributed by atoms with E-state index in [-0.39, 0.29) is 16.9 Å². The standard InChI is InChI=1S/C29H24N2O6/c1-29(2,3)37-28(35)31-22-12-5-4-8-18(22)16-23(31)17-9-6-11-20(14-17)30-26(33)21-15-19-10-7-13-24(32)25(19)36-27(21)34/h4-16,32H,1-3H3,(H,30,33). The van der Waals surface area contributed by atoms with E-state index in [2.05, 4.69) is 5.32 Å². The van der Waals surface area contributed by atoms with Crippen molar-refractivity contribution in [1.29, 1.82) is 0 Å². The zero-order valence-corrected chi connectivity index (χ0v) is 20.4. The van der Waals surface area contributed by atoms with Crippen molar-refractivity contribution < 1.29 is 23.8 Å². The van der Waals surface area contributed by atoms with Crippen LogP contribution in [-0.4, -0.2) is 27.3 Å². The van der Waals surface area contributed by atoms with Gasteiger partial charge in [-0.3, -0.25) is 4.79 Å². The van der Waals surface area contributed by atoms with Gasteiger partial charge in [-0.25, -0.2) is 14.2 Å². The number of hydrogen-bond acceptors (Lipinski definition) is 6. The van der Waals surface area contributed by atoms with Crippen molar-refractivity contribution in [2.75, 3.05) is 5.32 Å². The third-order valence-electron chi connectivity index (χ3n) is 5.69. The van der Waals surface area contributed by atoms with Gasteiger partial charge in [-0.2, -0.15) is 0 Å². The summed E-state index contributed by atoms with van der Waals surface area (Å²) in [6.45, 7) is 5.41. The van der Waals surface area contributed by atoms with Crippen molar-refractivity contribution in [3.8, 4) is 17.0 Å². The molecule has 8 heteroatoms. The zero-order valence-electron chi connectivity index (χ0n) is 20.4. The van der Waals surface area contributed by atoms with E-state index < -0.39 is 23.2 Å². The molecule has 0 saturated heterocycles. The summed E-state index contributed by atoms with van der Waals surface area (Å²) in [6, 6.07) is 22.3. The summed E-state index contributed by atoms with van der Waals surface area (Å²) in [4.78, 5) is 38.6. The van der Waals surface area contributed by atoms with Crippen LogP contribution in [0.2, 0.25) is 0 Å². The maximum atomic E-state index is 13.2. The number of para-hydroxylation sites is 2. The van der Waals surface area contributed by atoms with Gasteiger partial charge in [0.2, 0.25) is 0 Å². The number of nitrogens with one attached hydrogen (secondary N) is 1. The number of rotatable bonds is 3. The van der Waals surface area contributed by atoms with Crippen LogP contribution in [0.25, 0.3) is 33.1 Å². The molecular weight excluding hydrogens is 472 g/mol. The molecule has 0 atom stereocenters. The van der Waals surface area contributed by atoms with E-state index in [1.165, 1.54) is 16.7 Å². The average molecular weight is 497 g/mol. The lowest BCUT2D eigenvalue weighted by atomic mass is 10.1. The summed E-state index contributed by atoms with van der Waals surface area (Å²) >= 11 is 0. The van der Waals surface area contributed by atoms with Gasteiger partial charge in [0.1, 0.15) is 11.2 Å². The number of aromatic hydroxyl groups is 1. The molecule has 2 aromatic heterocycles. The van der Waals surface area contributed by atoms with E-state index in [1.54, 1.807) is 51.1 Å². The molecule has 0 unspecified atom stereocenters. The molecule has 0 spiro atoms. The minimum absolute atomic E-state index is 0.0148. The fourth-order valence-electron chi connectivity index (χ4n) is 4.11. The molecule has 0 saturated carbocycles. The van der Waals surface area contributed by atoms with Crippen LogP contribution in [-0.2, 0) is 4.74 Å². The first-order chi connectivity index (χ1) is 17.6. The topological polar surface area (TPSA) is 111 Å². The van der Waals surface area contributed by atoms with Gasteiger partial charge < -0.3 is 19.6 Å². The number of aromatic nitrogens is 1. The number of benzene rings is 3. The van der Waals surface area contributed by atoms with Crippen molar-refractivity contribution in [3.05, 3.63) is 94.8 Å². The Morgan fingerprint density at radius 3 is 2.43 bits per heavy atom. The van der Waals surface area contributed by atoms with Crippen LogP contribution in [0, 0.1) is 0 Å². The summed E-state index contributed by atoms with van der Waals surface area (Å²) in [5, 5.41) is 13.9. The lowest BCUT2D eigenvalue weighted by Crippen LogP contribution is -2.27. The first-order valence-electron chi connectivity index (χ1n) is 11.6. The molecule has 0 aliphatic rings. The number of anilines is 1. The Balaban J connectivity index is 1.52. The van der Waals surface area contributed by atoms with Crippen molar-refractivity contribution in [3.63, 3.8) is 0 Å². The number of carbonyl (C=O) groups excluding carboxylic acids is 2. The first-order valence-corrected chi connectivity index (χ1v) is 11.6. The predicted molar refractivity (Wildman–Crippen MR) is 141 cm³/mol. The Morgan fingerprint density at radius 1 is 0.919 bits per heavy atom. The summed E-state index contributed by atoms with van der Waals surface area (Å²) in [7, 11) is 0. The minimum atomic E-state index is -0.868. The third kappa shape index (κ3) is 4.69. The first kappa shape index (κ1) is 23.9. The maximum absolute atomic E-state index is 13.2. The fraction of sp³-hybridized carbons (Fsp3) is 0.138. The van der Waals surface area contributed by atoms with Gasteiger partial charge in [-0.05, 0) is 57.2 Å². The van der Waals surface area contributed by atoms with Crippen LogP contribution >= 0.6 is 0 Å². The number of phenols is 1. The highest BCUT2D eigenvalue weighted by Crippen LogP contribution is 2.31. The molecule has 0 bridgehead atoms. The van der Waals surface area contributed by atoms with Crippen molar-refractivity contribution in [1.82, 2.24) is 4.57 Å². The molecule has 0 aliphatic carbocycles. The molecule has 186 valence electrons. The molecule has 5 aromatic rings. The molecule has 2 heterocycles. The second-order valence-electron chi connectivity index (χ2n) is 9.58. The van der Waals surface area contributed by atoms with Gasteiger partial charge in [0.15, 0.2) is 11.3 Å². The lowest BCUT2D eigenvalue weighted by Gasteiger charge is -2.21. The number of ether oxygens (including phenoxy) is 1. The molecule has 1 amide bonds. The Morgan fingerprint density at radius 2 is 1.65 bits per heavy atom. The zero-order chi connectivity index (χ0) is 26.3. The van der Waals surface area contributed by atoms with E-state index in [1.807, 2.05) is 36.4 Å². The van der Waals surface area contributed by atoms with Crippen molar-refractivity contribution in [2.45, 2.75) is 26.4 Å². The van der Waals surface area contributed by atoms with Crippen LogP contribution in [0.5, 0.6) is 5.75 Å². The fourth-order valence-corrected chi connectivity index (χ4v) is 4.11. The third-order valence-corrected chi connectivity index (χ3v) is 5.69. The number of phenolic OH excluding ortho intramolecular Hbond substituents is 1. The van der Waals surface area contributed by atoms with Crippen LogP contribution in [0.15, 0.2) is 88.1 Å². The summed E-state index contributed by atoms with van der Waals surface area (Å²) in [6.07, 6.45) is -0.518. The highest BCUT2D eigenvalue weighted by Gasteiger charge is 2.23. The van der Waals surface area contributed by atoms with Crippen LogP contribution < -0.4 is 10.9 Å². The van der Waals surface area contributed by atoms with Gasteiger partial charge >= 0.3 is 11.7 Å². The van der Waals surface area contributed by atoms with Gasteiger partial charge in [0.05, 0.1) is 11.2 Å². The second-order valence-corrected chi connectivity index (χ2v) is 9.58. The molecule has 0 aliphatic heterocycles. The average Bonchev–Trinajstić information content (AvgIpc) is 3.23. The molecule has 0 radical (unpaired) electrons. The molecular formula is C29H24N2O6. The monoisotopic (exact) mass is 496 g/mol. The van der Waals surface area contributed by atoms with Gasteiger partial charge in [0.25, 0.3) is 5.91 Å². The number of carbonyl (C=O) groups is 2. The van der Waals surface area contributed by atoms with Crippen molar-refractivity contribution in [2.24, 2.45) is 0 Å². The smallest absolute Gasteiger partial charge is 0.419 e. The lowest BCUT2D eigenvalue weighted by molar-refractivity contribution is 0.0547. The summed E-state index contributed by atoms with van der Waals surface area (Å²) in [5.41, 5.74) is 0.618. The van der Waals surface area contributed by atoms with Crippen LogP contribution in [0.1, 0.15) is 31.1 Å². The molecule has 3 aromatic carbocycles. The van der Waals surface area contributed by atoms with E-state index in [0.717, 1.165) is 5.39 Å². The van der Waals surface area contributed by atoms with Crippen molar-refractivity contribution >= 4 is 39.6 Å². The van der Waals surface area contributed by atoms with Gasteiger partial charge in [0, 0.05) is 22.0 Å². The SMILES string of the molecule is CC(C)(C)OC(=O)n1c(-c2cccc(NC(=O)c3cc4cccc(O)c4oc3=O)c2)cc2ccccc21. The Hall–Kier alpha value is -4.85. The Kier molecular flexibility index (Phi) is 5.79. The maximum Gasteiger partial charge on any atom is 0.419 e. The van der Waals surface area contributed by atoms with Crippen LogP contribution in [0.4, 0.5) is 10.5 Å². The minimum Gasteiger partial charge on any atom is -0.504 e. The molecule has 0 fully saturated rings. The summed E-state index contributed by atoms with van der Waals surface area (Å²) in [5.74, 6) is -0.849. The van der Waals surface area contributed by atoms with Gasteiger partial charge in [-0.1, -0.05) is 42.5 Å². The highest BCUT2D eigenvalue weighted by atomic mass is 16.6. The quantitative estimate of drug-likeness (QED) is 0.290. The number of hydrogen-bond donors (Lipinski definition) is 2. The molecule has 2 N–H and O–H groups in total. The van der Waals surface area contributed by atoms with E-state index in [0.29, 0.717) is 27.8 Å². The number of amides is 1. The molecule has 8 nitrogen and oxygen atoms in total. The highest BCUT2D eigenvalue weighted by molar-refractivity contribution is 6.06. The normalized spacial score (nSPS) is 11.5. The Labute approximate surface area is 211 Å². The second kappa shape index (κ2) is 8.98. The van der Waals surface area contributed by atoms with E-state index in [4.69, 9.17) is 9.15 Å². The van der Waals surface area contributed by atoms with E-state index >= 15 is 0 Å². The summed E-state index contributed by atoms with van der Waals surface area (Å²) < 4.78 is 12.3.